The molecular weight excluding hydrogens is 186 g/mol. The van der Waals surface area contributed by atoms with E-state index in [1.165, 1.54) is 5.56 Å². The Hall–Kier alpha value is -1.31. The van der Waals surface area contributed by atoms with E-state index in [0.717, 1.165) is 12.2 Å². The molecule has 0 aliphatic rings. The SMILES string of the molecule is CCN(C(=O)C(C)C)c1cccc(C)c1. The Kier molecular flexibility index (Phi) is 3.89. The van der Waals surface area contributed by atoms with Gasteiger partial charge in [-0.3, -0.25) is 4.79 Å². The molecule has 0 aliphatic heterocycles. The summed E-state index contributed by atoms with van der Waals surface area (Å²) >= 11 is 0. The fraction of sp³-hybridized carbons (Fsp3) is 0.462. The van der Waals surface area contributed by atoms with E-state index in [0.29, 0.717) is 0 Å². The molecule has 0 saturated heterocycles. The van der Waals surface area contributed by atoms with E-state index < -0.39 is 0 Å². The van der Waals surface area contributed by atoms with Crippen molar-refractivity contribution in [3.63, 3.8) is 0 Å². The molecule has 0 atom stereocenters. The number of carbonyl (C=O) groups excluding carboxylic acids is 1. The Morgan fingerprint density at radius 3 is 2.53 bits per heavy atom. The van der Waals surface area contributed by atoms with Gasteiger partial charge in [-0.05, 0) is 31.5 Å². The maximum absolute atomic E-state index is 11.9. The molecule has 15 heavy (non-hydrogen) atoms. The summed E-state index contributed by atoms with van der Waals surface area (Å²) < 4.78 is 0. The molecule has 0 bridgehead atoms. The summed E-state index contributed by atoms with van der Waals surface area (Å²) in [6, 6.07) is 8.05. The average molecular weight is 205 g/mol. The summed E-state index contributed by atoms with van der Waals surface area (Å²) in [4.78, 5) is 13.7. The molecule has 0 saturated carbocycles. The van der Waals surface area contributed by atoms with Crippen molar-refractivity contribution in [2.45, 2.75) is 27.7 Å². The molecule has 0 heterocycles. The highest BCUT2D eigenvalue weighted by Gasteiger charge is 2.16. The van der Waals surface area contributed by atoms with Gasteiger partial charge in [0.05, 0.1) is 0 Å². The van der Waals surface area contributed by atoms with E-state index in [1.54, 1.807) is 0 Å². The van der Waals surface area contributed by atoms with Gasteiger partial charge in [0.2, 0.25) is 5.91 Å². The van der Waals surface area contributed by atoms with Crippen LogP contribution in [0.4, 0.5) is 5.69 Å². The minimum atomic E-state index is 0.0467. The molecule has 0 radical (unpaired) electrons. The summed E-state index contributed by atoms with van der Waals surface area (Å²) in [6.07, 6.45) is 0. The highest BCUT2D eigenvalue weighted by molar-refractivity contribution is 5.94. The molecule has 0 spiro atoms. The lowest BCUT2D eigenvalue weighted by molar-refractivity contribution is -0.121. The Morgan fingerprint density at radius 2 is 2.07 bits per heavy atom. The molecule has 82 valence electrons. The molecule has 0 aromatic heterocycles. The van der Waals surface area contributed by atoms with Crippen LogP contribution in [0.25, 0.3) is 0 Å². The fourth-order valence-corrected chi connectivity index (χ4v) is 1.57. The zero-order valence-corrected chi connectivity index (χ0v) is 9.95. The number of hydrogen-bond donors (Lipinski definition) is 0. The predicted octanol–water partition coefficient (Wildman–Crippen LogP) is 3.00. The van der Waals surface area contributed by atoms with Crippen LogP contribution in [-0.2, 0) is 4.79 Å². The minimum Gasteiger partial charge on any atom is -0.312 e. The second-order valence-corrected chi connectivity index (χ2v) is 4.08. The van der Waals surface area contributed by atoms with Crippen LogP contribution >= 0.6 is 0 Å². The molecule has 0 N–H and O–H groups in total. The fourth-order valence-electron chi connectivity index (χ4n) is 1.57. The van der Waals surface area contributed by atoms with Gasteiger partial charge < -0.3 is 4.90 Å². The topological polar surface area (TPSA) is 20.3 Å². The number of nitrogens with zero attached hydrogens (tertiary/aromatic N) is 1. The first kappa shape index (κ1) is 11.8. The van der Waals surface area contributed by atoms with Crippen LogP contribution in [0.1, 0.15) is 26.3 Å². The van der Waals surface area contributed by atoms with Crippen molar-refractivity contribution in [3.05, 3.63) is 29.8 Å². The van der Waals surface area contributed by atoms with Gasteiger partial charge in [0.1, 0.15) is 0 Å². The van der Waals surface area contributed by atoms with E-state index in [-0.39, 0.29) is 11.8 Å². The smallest absolute Gasteiger partial charge is 0.229 e. The normalized spacial score (nSPS) is 10.5. The van der Waals surface area contributed by atoms with Crippen LogP contribution in [0, 0.1) is 12.8 Å². The van der Waals surface area contributed by atoms with E-state index in [1.807, 2.05) is 56.9 Å². The maximum atomic E-state index is 11.9. The lowest BCUT2D eigenvalue weighted by Gasteiger charge is -2.23. The molecule has 0 fully saturated rings. The highest BCUT2D eigenvalue weighted by Crippen LogP contribution is 2.17. The van der Waals surface area contributed by atoms with Crippen molar-refractivity contribution < 1.29 is 4.79 Å². The number of benzene rings is 1. The zero-order chi connectivity index (χ0) is 11.4. The maximum Gasteiger partial charge on any atom is 0.229 e. The standard InChI is InChI=1S/C13H19NO/c1-5-14(13(15)10(2)3)12-8-6-7-11(4)9-12/h6-10H,5H2,1-4H3. The van der Waals surface area contributed by atoms with E-state index >= 15 is 0 Å². The number of aryl methyl sites for hydroxylation is 1. The predicted molar refractivity (Wildman–Crippen MR) is 64.0 cm³/mol. The van der Waals surface area contributed by atoms with Crippen LogP contribution in [0.2, 0.25) is 0 Å². The van der Waals surface area contributed by atoms with Crippen LogP contribution in [0.15, 0.2) is 24.3 Å². The first-order valence-electron chi connectivity index (χ1n) is 5.44. The number of hydrogen-bond acceptors (Lipinski definition) is 1. The first-order valence-corrected chi connectivity index (χ1v) is 5.44. The summed E-state index contributed by atoms with van der Waals surface area (Å²) in [5.41, 5.74) is 2.18. The third kappa shape index (κ3) is 2.82. The molecule has 2 heteroatoms. The Labute approximate surface area is 91.9 Å². The van der Waals surface area contributed by atoms with Gasteiger partial charge in [0.25, 0.3) is 0 Å². The molecular formula is C13H19NO. The lowest BCUT2D eigenvalue weighted by atomic mass is 10.1. The van der Waals surface area contributed by atoms with Crippen LogP contribution in [0.5, 0.6) is 0 Å². The van der Waals surface area contributed by atoms with Gasteiger partial charge in [-0.25, -0.2) is 0 Å². The average Bonchev–Trinajstić information content (AvgIpc) is 2.18. The molecule has 0 aliphatic carbocycles. The number of carbonyl (C=O) groups is 1. The van der Waals surface area contributed by atoms with Crippen LogP contribution in [-0.4, -0.2) is 12.5 Å². The summed E-state index contributed by atoms with van der Waals surface area (Å²) in [5, 5.41) is 0. The number of rotatable bonds is 3. The van der Waals surface area contributed by atoms with Crippen molar-refractivity contribution in [1.82, 2.24) is 0 Å². The molecule has 1 rings (SSSR count). The molecule has 1 aromatic carbocycles. The third-order valence-electron chi connectivity index (χ3n) is 2.39. The first-order chi connectivity index (χ1) is 7.06. The summed E-state index contributed by atoms with van der Waals surface area (Å²) in [5.74, 6) is 0.230. The molecule has 1 amide bonds. The van der Waals surface area contributed by atoms with E-state index in [9.17, 15) is 4.79 Å². The Morgan fingerprint density at radius 1 is 1.40 bits per heavy atom. The minimum absolute atomic E-state index is 0.0467. The highest BCUT2D eigenvalue weighted by atomic mass is 16.2. The van der Waals surface area contributed by atoms with Crippen molar-refractivity contribution in [1.29, 1.82) is 0 Å². The lowest BCUT2D eigenvalue weighted by Crippen LogP contribution is -2.34. The van der Waals surface area contributed by atoms with Gasteiger partial charge in [0.15, 0.2) is 0 Å². The van der Waals surface area contributed by atoms with Crippen LogP contribution in [0.3, 0.4) is 0 Å². The van der Waals surface area contributed by atoms with Gasteiger partial charge in [-0.1, -0.05) is 26.0 Å². The summed E-state index contributed by atoms with van der Waals surface area (Å²) in [6.45, 7) is 8.63. The van der Waals surface area contributed by atoms with Crippen LogP contribution < -0.4 is 4.90 Å². The Bertz CT molecular complexity index is 344. The summed E-state index contributed by atoms with van der Waals surface area (Å²) in [7, 11) is 0. The van der Waals surface area contributed by atoms with Crippen molar-refractivity contribution in [2.75, 3.05) is 11.4 Å². The van der Waals surface area contributed by atoms with Gasteiger partial charge in [0, 0.05) is 18.2 Å². The second kappa shape index (κ2) is 4.96. The van der Waals surface area contributed by atoms with Gasteiger partial charge in [-0.2, -0.15) is 0 Å². The zero-order valence-electron chi connectivity index (χ0n) is 9.95. The number of amides is 1. The largest absolute Gasteiger partial charge is 0.312 e. The van der Waals surface area contributed by atoms with Crippen molar-refractivity contribution in [2.24, 2.45) is 5.92 Å². The monoisotopic (exact) mass is 205 g/mol. The van der Waals surface area contributed by atoms with Gasteiger partial charge in [-0.15, -0.1) is 0 Å². The van der Waals surface area contributed by atoms with E-state index in [2.05, 4.69) is 0 Å². The molecule has 1 aromatic rings. The third-order valence-corrected chi connectivity index (χ3v) is 2.39. The molecule has 2 nitrogen and oxygen atoms in total. The van der Waals surface area contributed by atoms with Crippen molar-refractivity contribution in [3.8, 4) is 0 Å². The second-order valence-electron chi connectivity index (χ2n) is 4.08. The molecule has 0 unspecified atom stereocenters. The van der Waals surface area contributed by atoms with E-state index in [4.69, 9.17) is 0 Å². The van der Waals surface area contributed by atoms with Gasteiger partial charge >= 0.3 is 0 Å². The quantitative estimate of drug-likeness (QED) is 0.742. The van der Waals surface area contributed by atoms with Crippen molar-refractivity contribution >= 4 is 11.6 Å². The Balaban J connectivity index is 2.97. The number of anilines is 1.